The van der Waals surface area contributed by atoms with Gasteiger partial charge in [-0.1, -0.05) is 13.3 Å². The Bertz CT molecular complexity index is 428. The molecule has 1 saturated heterocycles. The summed E-state index contributed by atoms with van der Waals surface area (Å²) >= 11 is 0. The number of likely N-dealkylation sites (tertiary alicyclic amines) is 1. The molecule has 1 N–H and O–H groups in total. The van der Waals surface area contributed by atoms with E-state index in [9.17, 15) is 0 Å². The zero-order valence-electron chi connectivity index (χ0n) is 13.0. The molecule has 0 spiro atoms. The lowest BCUT2D eigenvalue weighted by molar-refractivity contribution is 0.174. The molecule has 3 nitrogen and oxygen atoms in total. The number of hydrogen-bond donors (Lipinski definition) is 1. The molecule has 0 atom stereocenters. The van der Waals surface area contributed by atoms with Gasteiger partial charge < -0.3 is 9.73 Å². The maximum Gasteiger partial charge on any atom is 0.118 e. The molecule has 0 unspecified atom stereocenters. The summed E-state index contributed by atoms with van der Waals surface area (Å²) in [4.78, 5) is 2.59. The second kappa shape index (κ2) is 6.31. The van der Waals surface area contributed by atoms with E-state index in [0.29, 0.717) is 0 Å². The van der Waals surface area contributed by atoms with Crippen molar-refractivity contribution in [3.05, 3.63) is 23.2 Å². The van der Waals surface area contributed by atoms with Crippen LogP contribution in [-0.2, 0) is 13.1 Å². The highest BCUT2D eigenvalue weighted by Crippen LogP contribution is 2.24. The van der Waals surface area contributed by atoms with Gasteiger partial charge in [0.25, 0.3) is 0 Å². The largest absolute Gasteiger partial charge is 0.465 e. The van der Waals surface area contributed by atoms with Crippen molar-refractivity contribution in [2.75, 3.05) is 13.1 Å². The fraction of sp³-hybridized carbons (Fsp3) is 0.765. The normalized spacial score (nSPS) is 21.5. The van der Waals surface area contributed by atoms with Gasteiger partial charge in [0, 0.05) is 18.2 Å². The Balaban J connectivity index is 1.51. The fourth-order valence-corrected chi connectivity index (χ4v) is 3.16. The van der Waals surface area contributed by atoms with E-state index in [1.165, 1.54) is 50.8 Å². The minimum atomic E-state index is 0.747. The maximum absolute atomic E-state index is 5.89. The molecule has 0 bridgehead atoms. The summed E-state index contributed by atoms with van der Waals surface area (Å²) in [5.74, 6) is 3.16. The van der Waals surface area contributed by atoms with E-state index >= 15 is 0 Å². The van der Waals surface area contributed by atoms with Gasteiger partial charge in [-0.05, 0) is 57.7 Å². The van der Waals surface area contributed by atoms with Crippen molar-refractivity contribution in [2.24, 2.45) is 5.92 Å². The van der Waals surface area contributed by atoms with Gasteiger partial charge in [-0.15, -0.1) is 0 Å². The summed E-state index contributed by atoms with van der Waals surface area (Å²) in [5, 5.41) is 3.52. The number of hydrogen-bond acceptors (Lipinski definition) is 3. The van der Waals surface area contributed by atoms with Gasteiger partial charge >= 0.3 is 0 Å². The lowest BCUT2D eigenvalue weighted by Gasteiger charge is -2.31. The average Bonchev–Trinajstić information content (AvgIpc) is 3.23. The smallest absolute Gasteiger partial charge is 0.118 e. The Hall–Kier alpha value is -0.800. The van der Waals surface area contributed by atoms with Gasteiger partial charge in [0.15, 0.2) is 0 Å². The van der Waals surface area contributed by atoms with Crippen molar-refractivity contribution < 1.29 is 4.42 Å². The SMILES string of the molecule is CCC1CCN(Cc2cc(CNC3CC3)oc2C)CC1. The van der Waals surface area contributed by atoms with Crippen molar-refractivity contribution in [1.29, 1.82) is 0 Å². The molecule has 3 heteroatoms. The molecule has 1 aliphatic carbocycles. The third-order valence-electron chi connectivity index (χ3n) is 4.89. The molecule has 112 valence electrons. The number of nitrogens with one attached hydrogen (secondary N) is 1. The average molecular weight is 276 g/mol. The summed E-state index contributed by atoms with van der Waals surface area (Å²) in [6, 6.07) is 3.01. The maximum atomic E-state index is 5.89. The van der Waals surface area contributed by atoms with Crippen LogP contribution in [0.3, 0.4) is 0 Å². The standard InChI is InChI=1S/C17H28N2O/c1-3-14-6-8-19(9-7-14)12-15-10-17(20-13(15)2)11-18-16-4-5-16/h10,14,16,18H,3-9,11-12H2,1-2H3. The number of nitrogens with zero attached hydrogens (tertiary/aromatic N) is 1. The van der Waals surface area contributed by atoms with Crippen LogP contribution in [0.5, 0.6) is 0 Å². The zero-order valence-corrected chi connectivity index (χ0v) is 13.0. The topological polar surface area (TPSA) is 28.4 Å². The zero-order chi connectivity index (χ0) is 13.9. The van der Waals surface area contributed by atoms with Gasteiger partial charge in [0.05, 0.1) is 6.54 Å². The molecule has 0 radical (unpaired) electrons. The first-order valence-corrected chi connectivity index (χ1v) is 8.28. The molecular formula is C17H28N2O. The van der Waals surface area contributed by atoms with E-state index in [2.05, 4.69) is 30.1 Å². The van der Waals surface area contributed by atoms with E-state index in [-0.39, 0.29) is 0 Å². The van der Waals surface area contributed by atoms with Gasteiger partial charge in [-0.2, -0.15) is 0 Å². The number of aryl methyl sites for hydroxylation is 1. The highest BCUT2D eigenvalue weighted by atomic mass is 16.3. The van der Waals surface area contributed by atoms with Gasteiger partial charge in [0.1, 0.15) is 11.5 Å². The third kappa shape index (κ3) is 3.64. The molecule has 1 aromatic rings. The number of rotatable bonds is 6. The highest BCUT2D eigenvalue weighted by Gasteiger charge is 2.22. The third-order valence-corrected chi connectivity index (χ3v) is 4.89. The molecule has 20 heavy (non-hydrogen) atoms. The van der Waals surface area contributed by atoms with Crippen LogP contribution in [0.1, 0.15) is 56.1 Å². The van der Waals surface area contributed by atoms with E-state index in [1.54, 1.807) is 0 Å². The van der Waals surface area contributed by atoms with E-state index in [0.717, 1.165) is 36.6 Å². The summed E-state index contributed by atoms with van der Waals surface area (Å²) in [6.07, 6.45) is 6.74. The molecule has 1 saturated carbocycles. The Labute approximate surface area is 122 Å². The second-order valence-corrected chi connectivity index (χ2v) is 6.58. The number of furan rings is 1. The van der Waals surface area contributed by atoms with Crippen LogP contribution < -0.4 is 5.32 Å². The van der Waals surface area contributed by atoms with Crippen LogP contribution >= 0.6 is 0 Å². The molecule has 0 amide bonds. The molecule has 0 aromatic carbocycles. The first-order chi connectivity index (χ1) is 9.74. The summed E-state index contributed by atoms with van der Waals surface area (Å²) < 4.78 is 5.89. The predicted octanol–water partition coefficient (Wildman–Crippen LogP) is 3.46. The molecule has 1 aliphatic heterocycles. The minimum absolute atomic E-state index is 0.747. The Kier molecular flexibility index (Phi) is 4.47. The van der Waals surface area contributed by atoms with Crippen LogP contribution in [0.2, 0.25) is 0 Å². The first-order valence-electron chi connectivity index (χ1n) is 8.28. The highest BCUT2D eigenvalue weighted by molar-refractivity contribution is 5.21. The fourth-order valence-electron chi connectivity index (χ4n) is 3.16. The van der Waals surface area contributed by atoms with E-state index < -0.39 is 0 Å². The van der Waals surface area contributed by atoms with Crippen LogP contribution in [0.4, 0.5) is 0 Å². The minimum Gasteiger partial charge on any atom is -0.465 e. The summed E-state index contributed by atoms with van der Waals surface area (Å²) in [5.41, 5.74) is 1.38. The van der Waals surface area contributed by atoms with Crippen LogP contribution in [0.25, 0.3) is 0 Å². The van der Waals surface area contributed by atoms with E-state index in [4.69, 9.17) is 4.42 Å². The summed E-state index contributed by atoms with van der Waals surface area (Å²) in [7, 11) is 0. The van der Waals surface area contributed by atoms with Crippen molar-refractivity contribution in [1.82, 2.24) is 10.2 Å². The van der Waals surface area contributed by atoms with Crippen molar-refractivity contribution in [3.63, 3.8) is 0 Å². The van der Waals surface area contributed by atoms with Crippen LogP contribution in [-0.4, -0.2) is 24.0 Å². The predicted molar refractivity (Wildman–Crippen MR) is 81.6 cm³/mol. The van der Waals surface area contributed by atoms with E-state index in [1.807, 2.05) is 0 Å². The molecular weight excluding hydrogens is 248 g/mol. The lowest BCUT2D eigenvalue weighted by Crippen LogP contribution is -2.33. The Morgan fingerprint density at radius 2 is 2.00 bits per heavy atom. The van der Waals surface area contributed by atoms with Gasteiger partial charge in [-0.3, -0.25) is 4.90 Å². The second-order valence-electron chi connectivity index (χ2n) is 6.58. The van der Waals surface area contributed by atoms with Crippen LogP contribution in [0, 0.1) is 12.8 Å². The van der Waals surface area contributed by atoms with Crippen LogP contribution in [0.15, 0.2) is 10.5 Å². The lowest BCUT2D eigenvalue weighted by atomic mass is 9.94. The monoisotopic (exact) mass is 276 g/mol. The van der Waals surface area contributed by atoms with Crippen molar-refractivity contribution in [3.8, 4) is 0 Å². The van der Waals surface area contributed by atoms with Gasteiger partial charge in [0.2, 0.25) is 0 Å². The summed E-state index contributed by atoms with van der Waals surface area (Å²) in [6.45, 7) is 8.88. The molecule has 2 fully saturated rings. The van der Waals surface area contributed by atoms with Crippen molar-refractivity contribution >= 4 is 0 Å². The molecule has 3 rings (SSSR count). The molecule has 1 aromatic heterocycles. The first kappa shape index (κ1) is 14.2. The Morgan fingerprint density at radius 3 is 2.65 bits per heavy atom. The Morgan fingerprint density at radius 1 is 1.25 bits per heavy atom. The number of piperidine rings is 1. The van der Waals surface area contributed by atoms with Crippen molar-refractivity contribution in [2.45, 2.75) is 65.1 Å². The molecule has 2 heterocycles. The quantitative estimate of drug-likeness (QED) is 0.862. The molecule has 2 aliphatic rings. The van der Waals surface area contributed by atoms with Gasteiger partial charge in [-0.25, -0.2) is 0 Å².